The first kappa shape index (κ1) is 19.9. The third kappa shape index (κ3) is 6.15. The van der Waals surface area contributed by atoms with Crippen molar-refractivity contribution in [2.45, 2.75) is 90.6 Å². The Hall–Kier alpha value is -0.160. The van der Waals surface area contributed by atoms with Crippen molar-refractivity contribution < 1.29 is 19.3 Å². The molecule has 0 radical (unpaired) electrons. The summed E-state index contributed by atoms with van der Waals surface area (Å²) in [6, 6.07) is 0. The van der Waals surface area contributed by atoms with Crippen LogP contribution in [-0.4, -0.2) is 48.8 Å². The van der Waals surface area contributed by atoms with E-state index in [1.807, 2.05) is 13.8 Å². The number of hydrogen-bond acceptors (Lipinski definition) is 4. The SMILES string of the molecule is CCC(C)C1(OC(C)COC(C)COC(C)CO)CCCC1. The molecule has 1 aliphatic carbocycles. The molecule has 0 aromatic carbocycles. The predicted octanol–water partition coefficient (Wildman–Crippen LogP) is 3.55. The largest absolute Gasteiger partial charge is 0.394 e. The highest BCUT2D eigenvalue weighted by molar-refractivity contribution is 4.91. The summed E-state index contributed by atoms with van der Waals surface area (Å²) in [5.74, 6) is 0.601. The molecule has 0 aliphatic heterocycles. The molecular weight excluding hydrogens is 280 g/mol. The molecule has 0 aromatic heterocycles. The van der Waals surface area contributed by atoms with E-state index in [1.165, 1.54) is 25.7 Å². The van der Waals surface area contributed by atoms with Gasteiger partial charge in [-0.1, -0.05) is 33.1 Å². The highest BCUT2D eigenvalue weighted by Crippen LogP contribution is 2.41. The Bertz CT molecular complexity index is 289. The van der Waals surface area contributed by atoms with Gasteiger partial charge in [0.15, 0.2) is 0 Å². The lowest BCUT2D eigenvalue weighted by atomic mass is 9.85. The van der Waals surface area contributed by atoms with Crippen molar-refractivity contribution in [3.63, 3.8) is 0 Å². The van der Waals surface area contributed by atoms with E-state index in [0.29, 0.717) is 19.1 Å². The van der Waals surface area contributed by atoms with E-state index in [-0.39, 0.29) is 30.5 Å². The third-order valence-corrected chi connectivity index (χ3v) is 4.88. The molecular formula is C18H36O4. The van der Waals surface area contributed by atoms with Crippen LogP contribution in [0.1, 0.15) is 66.7 Å². The maximum Gasteiger partial charge on any atom is 0.0788 e. The van der Waals surface area contributed by atoms with Gasteiger partial charge in [0.2, 0.25) is 0 Å². The maximum atomic E-state index is 8.94. The van der Waals surface area contributed by atoms with Gasteiger partial charge in [0.05, 0.1) is 43.7 Å². The molecule has 0 aromatic rings. The first-order valence-electron chi connectivity index (χ1n) is 8.95. The summed E-state index contributed by atoms with van der Waals surface area (Å²) >= 11 is 0. The highest BCUT2D eigenvalue weighted by Gasteiger charge is 2.40. The van der Waals surface area contributed by atoms with Crippen molar-refractivity contribution in [2.75, 3.05) is 19.8 Å². The van der Waals surface area contributed by atoms with Crippen LogP contribution in [0.2, 0.25) is 0 Å². The zero-order chi connectivity index (χ0) is 16.6. The minimum atomic E-state index is -0.133. The lowest BCUT2D eigenvalue weighted by Gasteiger charge is -2.38. The normalized spacial score (nSPS) is 23.2. The topological polar surface area (TPSA) is 47.9 Å². The summed E-state index contributed by atoms with van der Waals surface area (Å²) < 4.78 is 17.8. The van der Waals surface area contributed by atoms with Crippen molar-refractivity contribution in [1.82, 2.24) is 0 Å². The highest BCUT2D eigenvalue weighted by atomic mass is 16.6. The van der Waals surface area contributed by atoms with Crippen LogP contribution in [0.4, 0.5) is 0 Å². The van der Waals surface area contributed by atoms with Crippen LogP contribution in [0.25, 0.3) is 0 Å². The fourth-order valence-corrected chi connectivity index (χ4v) is 3.21. The van der Waals surface area contributed by atoms with Gasteiger partial charge in [-0.3, -0.25) is 0 Å². The van der Waals surface area contributed by atoms with Gasteiger partial charge in [-0.05, 0) is 39.5 Å². The Balaban J connectivity index is 2.33. The number of aliphatic hydroxyl groups is 1. The van der Waals surface area contributed by atoms with Crippen LogP contribution in [0.5, 0.6) is 0 Å². The van der Waals surface area contributed by atoms with Crippen LogP contribution in [0.3, 0.4) is 0 Å². The zero-order valence-corrected chi connectivity index (χ0v) is 15.1. The molecule has 0 bridgehead atoms. The monoisotopic (exact) mass is 316 g/mol. The smallest absolute Gasteiger partial charge is 0.0788 e. The Morgan fingerprint density at radius 3 is 2.00 bits per heavy atom. The molecule has 1 fully saturated rings. The standard InChI is InChI=1S/C18H36O4/c1-6-14(2)18(9-7-8-10-18)22-17(5)13-21-16(4)12-20-15(3)11-19/h14-17,19H,6-13H2,1-5H3. The zero-order valence-electron chi connectivity index (χ0n) is 15.1. The lowest BCUT2D eigenvalue weighted by molar-refractivity contribution is -0.146. The first-order valence-corrected chi connectivity index (χ1v) is 8.95. The van der Waals surface area contributed by atoms with Crippen molar-refractivity contribution in [2.24, 2.45) is 5.92 Å². The second-order valence-corrected chi connectivity index (χ2v) is 6.98. The fourth-order valence-electron chi connectivity index (χ4n) is 3.21. The van der Waals surface area contributed by atoms with Gasteiger partial charge in [0.1, 0.15) is 0 Å². The number of aliphatic hydroxyl groups excluding tert-OH is 1. The molecule has 4 atom stereocenters. The molecule has 0 heterocycles. The molecule has 0 saturated heterocycles. The van der Waals surface area contributed by atoms with Crippen LogP contribution in [0, 0.1) is 5.92 Å². The average molecular weight is 316 g/mol. The van der Waals surface area contributed by atoms with Gasteiger partial charge in [-0.25, -0.2) is 0 Å². The Morgan fingerprint density at radius 2 is 1.45 bits per heavy atom. The Kier molecular flexibility index (Phi) is 8.91. The Morgan fingerprint density at radius 1 is 0.909 bits per heavy atom. The lowest BCUT2D eigenvalue weighted by Crippen LogP contribution is -2.41. The van der Waals surface area contributed by atoms with Crippen molar-refractivity contribution in [3.05, 3.63) is 0 Å². The molecule has 0 amide bonds. The molecule has 1 rings (SSSR count). The Labute approximate surface area is 136 Å². The molecule has 1 aliphatic rings. The van der Waals surface area contributed by atoms with E-state index in [2.05, 4.69) is 20.8 Å². The van der Waals surface area contributed by atoms with Crippen LogP contribution in [0.15, 0.2) is 0 Å². The summed E-state index contributed by atoms with van der Waals surface area (Å²) in [5.41, 5.74) is 0.0582. The summed E-state index contributed by atoms with van der Waals surface area (Å²) in [6.45, 7) is 11.7. The molecule has 4 heteroatoms. The van der Waals surface area contributed by atoms with Gasteiger partial charge >= 0.3 is 0 Å². The summed E-state index contributed by atoms with van der Waals surface area (Å²) in [5, 5.41) is 8.94. The molecule has 4 unspecified atom stereocenters. The molecule has 4 nitrogen and oxygen atoms in total. The predicted molar refractivity (Wildman–Crippen MR) is 89.1 cm³/mol. The third-order valence-electron chi connectivity index (χ3n) is 4.88. The fraction of sp³-hybridized carbons (Fsp3) is 1.00. The van der Waals surface area contributed by atoms with Crippen molar-refractivity contribution in [3.8, 4) is 0 Å². The van der Waals surface area contributed by atoms with Gasteiger partial charge in [-0.15, -0.1) is 0 Å². The number of ether oxygens (including phenoxy) is 3. The van der Waals surface area contributed by atoms with E-state index < -0.39 is 0 Å². The van der Waals surface area contributed by atoms with Crippen LogP contribution in [-0.2, 0) is 14.2 Å². The summed E-state index contributed by atoms with van der Waals surface area (Å²) in [7, 11) is 0. The number of rotatable bonds is 11. The second kappa shape index (κ2) is 9.86. The summed E-state index contributed by atoms with van der Waals surface area (Å²) in [6.07, 6.45) is 6.07. The van der Waals surface area contributed by atoms with E-state index in [4.69, 9.17) is 19.3 Å². The van der Waals surface area contributed by atoms with E-state index in [1.54, 1.807) is 0 Å². The minimum absolute atomic E-state index is 0.0168. The molecule has 0 spiro atoms. The van der Waals surface area contributed by atoms with Gasteiger partial charge in [-0.2, -0.15) is 0 Å². The van der Waals surface area contributed by atoms with E-state index >= 15 is 0 Å². The van der Waals surface area contributed by atoms with E-state index in [9.17, 15) is 0 Å². The van der Waals surface area contributed by atoms with Crippen LogP contribution >= 0.6 is 0 Å². The summed E-state index contributed by atoms with van der Waals surface area (Å²) in [4.78, 5) is 0. The number of hydrogen-bond donors (Lipinski definition) is 1. The van der Waals surface area contributed by atoms with Crippen LogP contribution < -0.4 is 0 Å². The molecule has 1 saturated carbocycles. The van der Waals surface area contributed by atoms with Gasteiger partial charge in [0, 0.05) is 0 Å². The van der Waals surface area contributed by atoms with Gasteiger partial charge < -0.3 is 19.3 Å². The van der Waals surface area contributed by atoms with E-state index in [0.717, 1.165) is 6.42 Å². The quantitative estimate of drug-likeness (QED) is 0.633. The molecule has 22 heavy (non-hydrogen) atoms. The second-order valence-electron chi connectivity index (χ2n) is 6.98. The molecule has 132 valence electrons. The maximum absolute atomic E-state index is 8.94. The van der Waals surface area contributed by atoms with Crippen molar-refractivity contribution in [1.29, 1.82) is 0 Å². The minimum Gasteiger partial charge on any atom is -0.394 e. The van der Waals surface area contributed by atoms with Crippen molar-refractivity contribution >= 4 is 0 Å². The first-order chi connectivity index (χ1) is 10.4. The average Bonchev–Trinajstić information content (AvgIpc) is 2.99. The van der Waals surface area contributed by atoms with Gasteiger partial charge in [0.25, 0.3) is 0 Å². The molecule has 1 N–H and O–H groups in total.